The van der Waals surface area contributed by atoms with Gasteiger partial charge in [-0.3, -0.25) is 4.98 Å². The molecule has 0 fully saturated rings. The van der Waals surface area contributed by atoms with Crippen LogP contribution in [0.2, 0.25) is 0 Å². The molecule has 2 aromatic heterocycles. The second kappa shape index (κ2) is 8.09. The molecule has 162 valence electrons. The third kappa shape index (κ3) is 4.09. The van der Waals surface area contributed by atoms with Crippen LogP contribution in [0.3, 0.4) is 0 Å². The first-order chi connectivity index (χ1) is 14.7. The normalized spacial score (nSPS) is 12.4. The molecule has 0 aliphatic heterocycles. The van der Waals surface area contributed by atoms with Gasteiger partial charge in [0.1, 0.15) is 10.6 Å². The molecule has 0 aliphatic carbocycles. The molecule has 0 saturated heterocycles. The minimum Gasteiger partial charge on any atom is -0.492 e. The molecule has 0 bridgehead atoms. The van der Waals surface area contributed by atoms with Gasteiger partial charge in [0.15, 0.2) is 9.84 Å². The summed E-state index contributed by atoms with van der Waals surface area (Å²) in [6.45, 7) is 7.51. The molecule has 0 aliphatic rings. The van der Waals surface area contributed by atoms with E-state index in [4.69, 9.17) is 4.74 Å². The van der Waals surface area contributed by atoms with E-state index < -0.39 is 14.6 Å². The van der Waals surface area contributed by atoms with E-state index in [0.29, 0.717) is 23.3 Å². The Morgan fingerprint density at radius 3 is 2.61 bits per heavy atom. The lowest BCUT2D eigenvalue weighted by Gasteiger charge is -2.22. The SMILES string of the molecule is CCCOc1cc2nccc(Nc3ccc4scnc4c3)c2cc1S(=O)(=O)C(C)(C)C. The molecule has 0 unspecified atom stereocenters. The van der Waals surface area contributed by atoms with Crippen molar-refractivity contribution in [3.8, 4) is 5.75 Å². The Morgan fingerprint density at radius 1 is 1.06 bits per heavy atom. The van der Waals surface area contributed by atoms with Gasteiger partial charge < -0.3 is 10.1 Å². The van der Waals surface area contributed by atoms with Crippen molar-refractivity contribution in [3.63, 3.8) is 0 Å². The minimum atomic E-state index is -3.63. The molecule has 0 spiro atoms. The number of hydrogen-bond donors (Lipinski definition) is 1. The van der Waals surface area contributed by atoms with Gasteiger partial charge in [-0.2, -0.15) is 0 Å². The lowest BCUT2D eigenvalue weighted by Crippen LogP contribution is -2.28. The maximum Gasteiger partial charge on any atom is 0.186 e. The van der Waals surface area contributed by atoms with Gasteiger partial charge in [0.2, 0.25) is 0 Å². The Hall–Kier alpha value is -2.71. The minimum absolute atomic E-state index is 0.187. The van der Waals surface area contributed by atoms with Crippen molar-refractivity contribution in [1.29, 1.82) is 0 Å². The molecule has 31 heavy (non-hydrogen) atoms. The van der Waals surface area contributed by atoms with Crippen LogP contribution < -0.4 is 10.1 Å². The van der Waals surface area contributed by atoms with Crippen LogP contribution in [-0.4, -0.2) is 29.7 Å². The standard InChI is InChI=1S/C23H25N3O3S2/c1-5-10-29-20-13-18-16(12-22(20)31(27,28)23(2,3)4)17(8-9-24-18)26-15-6-7-21-19(11-15)25-14-30-21/h6-9,11-14H,5,10H2,1-4H3,(H,24,26). The highest BCUT2D eigenvalue weighted by atomic mass is 32.2. The van der Waals surface area contributed by atoms with Crippen LogP contribution in [0.1, 0.15) is 34.1 Å². The average Bonchev–Trinajstić information content (AvgIpc) is 3.19. The fourth-order valence-electron chi connectivity index (χ4n) is 3.22. The molecule has 6 nitrogen and oxygen atoms in total. The number of sulfone groups is 1. The lowest BCUT2D eigenvalue weighted by molar-refractivity contribution is 0.309. The second-order valence-corrected chi connectivity index (χ2v) is 11.9. The van der Waals surface area contributed by atoms with Crippen molar-refractivity contribution in [1.82, 2.24) is 9.97 Å². The molecule has 8 heteroatoms. The molecular formula is C23H25N3O3S2. The number of benzene rings is 2. The van der Waals surface area contributed by atoms with Gasteiger partial charge in [-0.15, -0.1) is 11.3 Å². The van der Waals surface area contributed by atoms with Gasteiger partial charge in [-0.1, -0.05) is 6.92 Å². The molecule has 4 rings (SSSR count). The summed E-state index contributed by atoms with van der Waals surface area (Å²) in [6, 6.07) is 11.2. The Kier molecular flexibility index (Phi) is 5.61. The highest BCUT2D eigenvalue weighted by Crippen LogP contribution is 2.38. The number of nitrogens with zero attached hydrogens (tertiary/aromatic N) is 2. The molecule has 0 amide bonds. The van der Waals surface area contributed by atoms with Crippen molar-refractivity contribution in [2.75, 3.05) is 11.9 Å². The predicted octanol–water partition coefficient (Wildman–Crippen LogP) is 5.95. The quantitative estimate of drug-likeness (QED) is 0.387. The Morgan fingerprint density at radius 2 is 1.87 bits per heavy atom. The van der Waals surface area contributed by atoms with Crippen LogP contribution in [-0.2, 0) is 9.84 Å². The maximum atomic E-state index is 13.3. The molecule has 0 saturated carbocycles. The summed E-state index contributed by atoms with van der Waals surface area (Å²) in [4.78, 5) is 9.01. The van der Waals surface area contributed by atoms with Crippen molar-refractivity contribution in [2.24, 2.45) is 0 Å². The fraction of sp³-hybridized carbons (Fsp3) is 0.304. The number of pyridine rings is 1. The van der Waals surface area contributed by atoms with E-state index in [1.165, 1.54) is 0 Å². The van der Waals surface area contributed by atoms with Gasteiger partial charge in [-0.25, -0.2) is 13.4 Å². The number of thiazole rings is 1. The van der Waals surface area contributed by atoms with Gasteiger partial charge in [-0.05, 0) is 57.5 Å². The summed E-state index contributed by atoms with van der Waals surface area (Å²) in [5, 5.41) is 4.11. The summed E-state index contributed by atoms with van der Waals surface area (Å²) < 4.78 is 32.7. The van der Waals surface area contributed by atoms with Crippen LogP contribution in [0, 0.1) is 0 Å². The predicted molar refractivity (Wildman–Crippen MR) is 127 cm³/mol. The van der Waals surface area contributed by atoms with Gasteiger partial charge >= 0.3 is 0 Å². The first kappa shape index (κ1) is 21.5. The molecule has 0 radical (unpaired) electrons. The zero-order chi connectivity index (χ0) is 22.2. The molecule has 2 heterocycles. The number of ether oxygens (including phenoxy) is 1. The summed E-state index contributed by atoms with van der Waals surface area (Å²) in [5.41, 5.74) is 5.04. The Bertz CT molecular complexity index is 1360. The van der Waals surface area contributed by atoms with Crippen molar-refractivity contribution in [2.45, 2.75) is 43.8 Å². The van der Waals surface area contributed by atoms with E-state index >= 15 is 0 Å². The smallest absolute Gasteiger partial charge is 0.186 e. The van der Waals surface area contributed by atoms with E-state index in [1.807, 2.05) is 36.7 Å². The number of rotatable bonds is 6. The Labute approximate surface area is 186 Å². The van der Waals surface area contributed by atoms with Gasteiger partial charge in [0, 0.05) is 29.0 Å². The fourth-order valence-corrected chi connectivity index (χ4v) is 5.19. The average molecular weight is 456 g/mol. The third-order valence-electron chi connectivity index (χ3n) is 4.97. The topological polar surface area (TPSA) is 81.2 Å². The number of anilines is 2. The molecule has 0 atom stereocenters. The number of nitrogens with one attached hydrogen (secondary N) is 1. The number of aromatic nitrogens is 2. The van der Waals surface area contributed by atoms with E-state index in [-0.39, 0.29) is 4.90 Å². The van der Waals surface area contributed by atoms with Gasteiger partial charge in [0.25, 0.3) is 0 Å². The first-order valence-corrected chi connectivity index (χ1v) is 12.5. The zero-order valence-electron chi connectivity index (χ0n) is 18.0. The van der Waals surface area contributed by atoms with Crippen molar-refractivity contribution < 1.29 is 13.2 Å². The van der Waals surface area contributed by atoms with Crippen LogP contribution in [0.4, 0.5) is 11.4 Å². The third-order valence-corrected chi connectivity index (χ3v) is 8.29. The number of fused-ring (bicyclic) bond motifs is 2. The summed E-state index contributed by atoms with van der Waals surface area (Å²) in [7, 11) is -3.63. The zero-order valence-corrected chi connectivity index (χ0v) is 19.6. The monoisotopic (exact) mass is 455 g/mol. The molecule has 1 N–H and O–H groups in total. The first-order valence-electron chi connectivity index (χ1n) is 10.1. The second-order valence-electron chi connectivity index (χ2n) is 8.30. The van der Waals surface area contributed by atoms with Crippen LogP contribution in [0.15, 0.2) is 53.0 Å². The van der Waals surface area contributed by atoms with Crippen molar-refractivity contribution in [3.05, 3.63) is 48.1 Å². The van der Waals surface area contributed by atoms with Crippen LogP contribution in [0.5, 0.6) is 5.75 Å². The van der Waals surface area contributed by atoms with Crippen LogP contribution in [0.25, 0.3) is 21.1 Å². The highest BCUT2D eigenvalue weighted by Gasteiger charge is 2.34. The summed E-state index contributed by atoms with van der Waals surface area (Å²) in [5.74, 6) is 0.345. The van der Waals surface area contributed by atoms with E-state index in [0.717, 1.165) is 28.0 Å². The molecule has 2 aromatic carbocycles. The molecular weight excluding hydrogens is 430 g/mol. The Balaban J connectivity index is 1.86. The largest absolute Gasteiger partial charge is 0.492 e. The molecule has 4 aromatic rings. The number of hydrogen-bond acceptors (Lipinski definition) is 7. The van der Waals surface area contributed by atoms with E-state index in [9.17, 15) is 8.42 Å². The highest BCUT2D eigenvalue weighted by molar-refractivity contribution is 7.92. The van der Waals surface area contributed by atoms with E-state index in [2.05, 4.69) is 15.3 Å². The summed E-state index contributed by atoms with van der Waals surface area (Å²) in [6.07, 6.45) is 2.48. The lowest BCUT2D eigenvalue weighted by atomic mass is 10.1. The van der Waals surface area contributed by atoms with Crippen molar-refractivity contribution >= 4 is 53.7 Å². The van der Waals surface area contributed by atoms with E-state index in [1.54, 1.807) is 50.4 Å². The maximum absolute atomic E-state index is 13.3. The van der Waals surface area contributed by atoms with Gasteiger partial charge in [0.05, 0.1) is 32.6 Å². The van der Waals surface area contributed by atoms with Crippen LogP contribution >= 0.6 is 11.3 Å². The summed E-state index contributed by atoms with van der Waals surface area (Å²) >= 11 is 1.59.